The fourth-order valence-electron chi connectivity index (χ4n) is 1.69. The van der Waals surface area contributed by atoms with Gasteiger partial charge in [0.1, 0.15) is 0 Å². The zero-order chi connectivity index (χ0) is 13.7. The Hall–Kier alpha value is -2.14. The fourth-order valence-corrected chi connectivity index (χ4v) is 2.31. The summed E-state index contributed by atoms with van der Waals surface area (Å²) in [5, 5.41) is 13.4. The van der Waals surface area contributed by atoms with Crippen molar-refractivity contribution in [3.8, 4) is 0 Å². The number of para-hydroxylation sites is 1. The topological polar surface area (TPSA) is 66.4 Å². The fraction of sp³-hybridized carbons (Fsp3) is 0.143. The number of anilines is 1. The third-order valence-electron chi connectivity index (χ3n) is 2.62. The molecule has 0 aliphatic rings. The van der Waals surface area contributed by atoms with Gasteiger partial charge in [0.25, 0.3) is 5.91 Å². The van der Waals surface area contributed by atoms with Gasteiger partial charge in [-0.25, -0.2) is 0 Å². The minimum Gasteiger partial charge on any atom is -0.481 e. The molecule has 0 atom stereocenters. The van der Waals surface area contributed by atoms with E-state index in [0.29, 0.717) is 17.0 Å². The Bertz CT molecular complexity index is 578. The van der Waals surface area contributed by atoms with Crippen molar-refractivity contribution in [2.24, 2.45) is 0 Å². The number of carboxylic acids is 1. The van der Waals surface area contributed by atoms with Crippen molar-refractivity contribution in [3.05, 3.63) is 52.2 Å². The van der Waals surface area contributed by atoms with Crippen LogP contribution in [0.1, 0.15) is 21.7 Å². The van der Waals surface area contributed by atoms with E-state index in [1.54, 1.807) is 12.1 Å². The highest BCUT2D eigenvalue weighted by atomic mass is 32.1. The lowest BCUT2D eigenvalue weighted by atomic mass is 10.1. The first-order valence-corrected chi connectivity index (χ1v) is 6.69. The van der Waals surface area contributed by atoms with E-state index in [1.165, 1.54) is 11.3 Å². The molecule has 0 saturated heterocycles. The highest BCUT2D eigenvalue weighted by Gasteiger charge is 2.10. The molecule has 98 valence electrons. The summed E-state index contributed by atoms with van der Waals surface area (Å²) in [7, 11) is 0. The van der Waals surface area contributed by atoms with E-state index in [4.69, 9.17) is 5.11 Å². The second-order valence-electron chi connectivity index (χ2n) is 3.98. The summed E-state index contributed by atoms with van der Waals surface area (Å²) in [6, 6.07) is 10.8. The zero-order valence-corrected chi connectivity index (χ0v) is 10.9. The van der Waals surface area contributed by atoms with Crippen molar-refractivity contribution in [3.63, 3.8) is 0 Å². The van der Waals surface area contributed by atoms with Gasteiger partial charge in [0, 0.05) is 12.1 Å². The predicted octanol–water partition coefficient (Wildman–Crippen LogP) is 3.02. The lowest BCUT2D eigenvalue weighted by molar-refractivity contribution is -0.136. The first-order chi connectivity index (χ1) is 9.16. The molecule has 4 nitrogen and oxygen atoms in total. The Kier molecular flexibility index (Phi) is 4.30. The minimum atomic E-state index is -0.848. The van der Waals surface area contributed by atoms with Gasteiger partial charge < -0.3 is 10.4 Å². The molecule has 0 radical (unpaired) electrons. The van der Waals surface area contributed by atoms with Crippen LogP contribution in [-0.2, 0) is 11.2 Å². The number of nitrogens with one attached hydrogen (secondary N) is 1. The maximum Gasteiger partial charge on any atom is 0.303 e. The average molecular weight is 275 g/mol. The van der Waals surface area contributed by atoms with Gasteiger partial charge in [0.05, 0.1) is 4.88 Å². The van der Waals surface area contributed by atoms with Crippen molar-refractivity contribution in [1.29, 1.82) is 0 Å². The van der Waals surface area contributed by atoms with Gasteiger partial charge in [-0.2, -0.15) is 0 Å². The summed E-state index contributed by atoms with van der Waals surface area (Å²) in [5.41, 5.74) is 1.50. The summed E-state index contributed by atoms with van der Waals surface area (Å²) in [4.78, 5) is 23.2. The minimum absolute atomic E-state index is 0.0475. The van der Waals surface area contributed by atoms with E-state index in [2.05, 4.69) is 5.32 Å². The van der Waals surface area contributed by atoms with Gasteiger partial charge in [-0.15, -0.1) is 11.3 Å². The van der Waals surface area contributed by atoms with Gasteiger partial charge in [0.2, 0.25) is 0 Å². The highest BCUT2D eigenvalue weighted by Crippen LogP contribution is 2.19. The Morgan fingerprint density at radius 1 is 1.16 bits per heavy atom. The average Bonchev–Trinajstić information content (AvgIpc) is 2.91. The smallest absolute Gasteiger partial charge is 0.303 e. The number of aryl methyl sites for hydroxylation is 1. The van der Waals surface area contributed by atoms with Crippen LogP contribution in [0.15, 0.2) is 41.8 Å². The Labute approximate surface area is 114 Å². The molecule has 0 aliphatic heterocycles. The molecule has 0 spiro atoms. The molecule has 1 heterocycles. The van der Waals surface area contributed by atoms with Crippen LogP contribution in [0.5, 0.6) is 0 Å². The van der Waals surface area contributed by atoms with Crippen LogP contribution < -0.4 is 5.32 Å². The van der Waals surface area contributed by atoms with Crippen molar-refractivity contribution in [1.82, 2.24) is 0 Å². The SMILES string of the molecule is O=C(O)CCc1ccccc1NC(=O)c1cccs1. The first kappa shape index (κ1) is 13.3. The number of carbonyl (C=O) groups is 2. The van der Waals surface area contributed by atoms with Gasteiger partial charge in [0.15, 0.2) is 0 Å². The number of hydrogen-bond acceptors (Lipinski definition) is 3. The lowest BCUT2D eigenvalue weighted by Gasteiger charge is -2.09. The van der Waals surface area contributed by atoms with E-state index in [1.807, 2.05) is 29.6 Å². The van der Waals surface area contributed by atoms with Crippen LogP contribution in [-0.4, -0.2) is 17.0 Å². The lowest BCUT2D eigenvalue weighted by Crippen LogP contribution is -2.12. The molecule has 19 heavy (non-hydrogen) atoms. The third-order valence-corrected chi connectivity index (χ3v) is 3.49. The standard InChI is InChI=1S/C14H13NO3S/c16-13(17)8-7-10-4-1-2-5-11(10)15-14(18)12-6-3-9-19-12/h1-6,9H,7-8H2,(H,15,18)(H,16,17). The largest absolute Gasteiger partial charge is 0.481 e. The van der Waals surface area contributed by atoms with Crippen molar-refractivity contribution >= 4 is 28.9 Å². The van der Waals surface area contributed by atoms with E-state index in [9.17, 15) is 9.59 Å². The van der Waals surface area contributed by atoms with Gasteiger partial charge in [-0.1, -0.05) is 24.3 Å². The molecule has 0 fully saturated rings. The molecular weight excluding hydrogens is 262 g/mol. The number of rotatable bonds is 5. The number of aliphatic carboxylic acids is 1. The summed E-state index contributed by atoms with van der Waals surface area (Å²) in [5.74, 6) is -1.02. The number of thiophene rings is 1. The Balaban J connectivity index is 2.11. The van der Waals surface area contributed by atoms with Crippen LogP contribution >= 0.6 is 11.3 Å². The molecule has 1 aromatic heterocycles. The Morgan fingerprint density at radius 2 is 1.95 bits per heavy atom. The summed E-state index contributed by atoms with van der Waals surface area (Å²) in [6.45, 7) is 0. The number of carbonyl (C=O) groups excluding carboxylic acids is 1. The number of hydrogen-bond donors (Lipinski definition) is 2. The Morgan fingerprint density at radius 3 is 2.63 bits per heavy atom. The van der Waals surface area contributed by atoms with Crippen molar-refractivity contribution < 1.29 is 14.7 Å². The molecule has 0 saturated carbocycles. The zero-order valence-electron chi connectivity index (χ0n) is 10.1. The van der Waals surface area contributed by atoms with Gasteiger partial charge >= 0.3 is 5.97 Å². The molecule has 5 heteroatoms. The second kappa shape index (κ2) is 6.15. The quantitative estimate of drug-likeness (QED) is 0.881. The van der Waals surface area contributed by atoms with Crippen molar-refractivity contribution in [2.75, 3.05) is 5.32 Å². The maximum atomic E-state index is 11.9. The molecule has 1 aromatic carbocycles. The van der Waals surface area contributed by atoms with Crippen LogP contribution in [0.2, 0.25) is 0 Å². The van der Waals surface area contributed by atoms with E-state index in [-0.39, 0.29) is 12.3 Å². The van der Waals surface area contributed by atoms with Crippen LogP contribution in [0.3, 0.4) is 0 Å². The summed E-state index contributed by atoms with van der Waals surface area (Å²) >= 11 is 1.37. The second-order valence-corrected chi connectivity index (χ2v) is 4.93. The van der Waals surface area contributed by atoms with Crippen LogP contribution in [0.4, 0.5) is 5.69 Å². The highest BCUT2D eigenvalue weighted by molar-refractivity contribution is 7.12. The predicted molar refractivity (Wildman–Crippen MR) is 74.7 cm³/mol. The van der Waals surface area contributed by atoms with E-state index in [0.717, 1.165) is 5.56 Å². The van der Waals surface area contributed by atoms with E-state index >= 15 is 0 Å². The molecule has 2 aromatic rings. The van der Waals surface area contributed by atoms with Crippen molar-refractivity contribution in [2.45, 2.75) is 12.8 Å². The number of benzene rings is 1. The molecule has 0 bridgehead atoms. The van der Waals surface area contributed by atoms with Crippen LogP contribution in [0.25, 0.3) is 0 Å². The molecular formula is C14H13NO3S. The van der Waals surface area contributed by atoms with E-state index < -0.39 is 5.97 Å². The normalized spacial score (nSPS) is 10.1. The summed E-state index contributed by atoms with van der Waals surface area (Å²) in [6.07, 6.45) is 0.447. The van der Waals surface area contributed by atoms with Gasteiger partial charge in [-0.05, 0) is 29.5 Å². The maximum absolute atomic E-state index is 11.9. The molecule has 2 rings (SSSR count). The summed E-state index contributed by atoms with van der Waals surface area (Å²) < 4.78 is 0. The van der Waals surface area contributed by atoms with Gasteiger partial charge in [-0.3, -0.25) is 9.59 Å². The molecule has 0 aliphatic carbocycles. The molecule has 1 amide bonds. The third kappa shape index (κ3) is 3.66. The molecule has 0 unspecified atom stereocenters. The monoisotopic (exact) mass is 275 g/mol. The van der Waals surface area contributed by atoms with Crippen LogP contribution in [0, 0.1) is 0 Å². The molecule has 2 N–H and O–H groups in total. The first-order valence-electron chi connectivity index (χ1n) is 5.81. The number of carboxylic acid groups (broad SMARTS) is 1. The number of amides is 1.